The highest BCUT2D eigenvalue weighted by molar-refractivity contribution is 5.87. The number of amides is 1. The van der Waals surface area contributed by atoms with E-state index >= 15 is 0 Å². The second kappa shape index (κ2) is 7.22. The van der Waals surface area contributed by atoms with Gasteiger partial charge in [-0.15, -0.1) is 0 Å². The summed E-state index contributed by atoms with van der Waals surface area (Å²) in [5, 5.41) is 15.0. The van der Waals surface area contributed by atoms with Gasteiger partial charge in [-0.05, 0) is 24.0 Å². The SMILES string of the molecule is CCCCC(NC(=O)[C@H]1Cc2ccccc2CN1)C(=O)O. The molecule has 2 atom stereocenters. The number of rotatable bonds is 6. The first-order valence-electron chi connectivity index (χ1n) is 7.45. The molecule has 5 heteroatoms. The average Bonchev–Trinajstić information content (AvgIpc) is 2.50. The Kier molecular flexibility index (Phi) is 5.33. The molecule has 3 N–H and O–H groups in total. The number of nitrogens with one attached hydrogen (secondary N) is 2. The monoisotopic (exact) mass is 290 g/mol. The summed E-state index contributed by atoms with van der Waals surface area (Å²) in [5.74, 6) is -1.19. The molecule has 0 aromatic heterocycles. The molecule has 1 aliphatic heterocycles. The zero-order chi connectivity index (χ0) is 15.2. The Morgan fingerprint density at radius 2 is 2.10 bits per heavy atom. The van der Waals surface area contributed by atoms with Gasteiger partial charge in [0.05, 0.1) is 6.04 Å². The number of aliphatic carboxylic acids is 1. The molecule has 0 bridgehead atoms. The van der Waals surface area contributed by atoms with Crippen molar-refractivity contribution >= 4 is 11.9 Å². The Hall–Kier alpha value is -1.88. The Morgan fingerprint density at radius 3 is 2.76 bits per heavy atom. The number of benzene rings is 1. The molecule has 5 nitrogen and oxygen atoms in total. The Morgan fingerprint density at radius 1 is 1.38 bits per heavy atom. The maximum atomic E-state index is 12.2. The molecule has 1 heterocycles. The van der Waals surface area contributed by atoms with E-state index in [1.165, 1.54) is 5.56 Å². The van der Waals surface area contributed by atoms with Crippen molar-refractivity contribution in [1.29, 1.82) is 0 Å². The number of hydrogen-bond donors (Lipinski definition) is 3. The van der Waals surface area contributed by atoms with Gasteiger partial charge in [-0.25, -0.2) is 4.79 Å². The fourth-order valence-electron chi connectivity index (χ4n) is 2.58. The van der Waals surface area contributed by atoms with Crippen LogP contribution < -0.4 is 10.6 Å². The first-order valence-corrected chi connectivity index (χ1v) is 7.45. The van der Waals surface area contributed by atoms with E-state index in [0.717, 1.165) is 18.4 Å². The minimum atomic E-state index is -0.965. The molecule has 114 valence electrons. The van der Waals surface area contributed by atoms with Crippen molar-refractivity contribution in [1.82, 2.24) is 10.6 Å². The standard InChI is InChI=1S/C16H22N2O3/c1-2-3-8-13(16(20)21)18-15(19)14-9-11-6-4-5-7-12(11)10-17-14/h4-7,13-14,17H,2-3,8-10H2,1H3,(H,18,19)(H,20,21)/t13?,14-/m1/s1. The van der Waals surface area contributed by atoms with Crippen LogP contribution in [0.2, 0.25) is 0 Å². The van der Waals surface area contributed by atoms with Crippen LogP contribution in [0.25, 0.3) is 0 Å². The summed E-state index contributed by atoms with van der Waals surface area (Å²) in [6.07, 6.45) is 2.77. The van der Waals surface area contributed by atoms with Crippen LogP contribution in [0.15, 0.2) is 24.3 Å². The van der Waals surface area contributed by atoms with E-state index in [9.17, 15) is 9.59 Å². The summed E-state index contributed by atoms with van der Waals surface area (Å²) >= 11 is 0. The predicted molar refractivity (Wildman–Crippen MR) is 79.9 cm³/mol. The highest BCUT2D eigenvalue weighted by atomic mass is 16.4. The number of unbranched alkanes of at least 4 members (excludes halogenated alkanes) is 1. The smallest absolute Gasteiger partial charge is 0.326 e. The van der Waals surface area contributed by atoms with Crippen molar-refractivity contribution in [2.45, 2.75) is 51.2 Å². The van der Waals surface area contributed by atoms with Crippen molar-refractivity contribution in [2.75, 3.05) is 0 Å². The summed E-state index contributed by atoms with van der Waals surface area (Å²) in [4.78, 5) is 23.4. The average molecular weight is 290 g/mol. The van der Waals surface area contributed by atoms with E-state index in [1.807, 2.05) is 31.2 Å². The van der Waals surface area contributed by atoms with E-state index in [2.05, 4.69) is 10.6 Å². The van der Waals surface area contributed by atoms with Crippen molar-refractivity contribution < 1.29 is 14.7 Å². The fourth-order valence-corrected chi connectivity index (χ4v) is 2.58. The van der Waals surface area contributed by atoms with Crippen LogP contribution >= 0.6 is 0 Å². The van der Waals surface area contributed by atoms with Crippen molar-refractivity contribution in [3.8, 4) is 0 Å². The second-order valence-electron chi connectivity index (χ2n) is 5.45. The summed E-state index contributed by atoms with van der Waals surface area (Å²) in [5.41, 5.74) is 2.35. The molecule has 0 radical (unpaired) electrons. The second-order valence-corrected chi connectivity index (χ2v) is 5.45. The lowest BCUT2D eigenvalue weighted by atomic mass is 9.95. The van der Waals surface area contributed by atoms with Crippen LogP contribution in [-0.4, -0.2) is 29.1 Å². The maximum Gasteiger partial charge on any atom is 0.326 e. The van der Waals surface area contributed by atoms with Gasteiger partial charge in [-0.3, -0.25) is 4.79 Å². The van der Waals surface area contributed by atoms with Gasteiger partial charge in [0, 0.05) is 6.54 Å². The molecule has 0 saturated heterocycles. The zero-order valence-electron chi connectivity index (χ0n) is 12.3. The van der Waals surface area contributed by atoms with E-state index in [-0.39, 0.29) is 11.9 Å². The third kappa shape index (κ3) is 4.04. The van der Waals surface area contributed by atoms with E-state index in [0.29, 0.717) is 19.4 Å². The number of hydrogen-bond acceptors (Lipinski definition) is 3. The summed E-state index contributed by atoms with van der Waals surface area (Å²) in [7, 11) is 0. The quantitative estimate of drug-likeness (QED) is 0.741. The van der Waals surface area contributed by atoms with Crippen molar-refractivity contribution in [3.05, 3.63) is 35.4 Å². The minimum absolute atomic E-state index is 0.229. The Balaban J connectivity index is 1.96. The first-order chi connectivity index (χ1) is 10.1. The van der Waals surface area contributed by atoms with Gasteiger partial charge in [0.2, 0.25) is 5.91 Å². The molecule has 0 fully saturated rings. The first kappa shape index (κ1) is 15.5. The van der Waals surface area contributed by atoms with Crippen LogP contribution in [0.3, 0.4) is 0 Å². The van der Waals surface area contributed by atoms with E-state index < -0.39 is 12.0 Å². The van der Waals surface area contributed by atoms with Gasteiger partial charge in [0.1, 0.15) is 6.04 Å². The highest BCUT2D eigenvalue weighted by Gasteiger charge is 2.27. The summed E-state index contributed by atoms with van der Waals surface area (Å²) in [6, 6.07) is 6.84. The van der Waals surface area contributed by atoms with Gasteiger partial charge < -0.3 is 15.7 Å². The van der Waals surface area contributed by atoms with Crippen LogP contribution in [-0.2, 0) is 22.6 Å². The number of carboxylic acid groups (broad SMARTS) is 1. The van der Waals surface area contributed by atoms with Gasteiger partial charge in [-0.2, -0.15) is 0 Å². The van der Waals surface area contributed by atoms with Crippen LogP contribution in [0.4, 0.5) is 0 Å². The predicted octanol–water partition coefficient (Wildman–Crippen LogP) is 1.46. The highest BCUT2D eigenvalue weighted by Crippen LogP contribution is 2.16. The number of carbonyl (C=O) groups excluding carboxylic acids is 1. The van der Waals surface area contributed by atoms with Crippen LogP contribution in [0, 0.1) is 0 Å². The molecule has 1 aromatic carbocycles. The molecule has 21 heavy (non-hydrogen) atoms. The molecule has 1 unspecified atom stereocenters. The summed E-state index contributed by atoms with van der Waals surface area (Å²) in [6.45, 7) is 2.64. The molecule has 0 saturated carbocycles. The van der Waals surface area contributed by atoms with Gasteiger partial charge in [0.15, 0.2) is 0 Å². The van der Waals surface area contributed by atoms with Gasteiger partial charge in [-0.1, -0.05) is 44.0 Å². The molecular formula is C16H22N2O3. The Labute approximate surface area is 124 Å². The minimum Gasteiger partial charge on any atom is -0.480 e. The molecule has 1 amide bonds. The van der Waals surface area contributed by atoms with E-state index in [4.69, 9.17) is 5.11 Å². The molecule has 1 aliphatic rings. The van der Waals surface area contributed by atoms with Gasteiger partial charge >= 0.3 is 5.97 Å². The topological polar surface area (TPSA) is 78.4 Å². The molecular weight excluding hydrogens is 268 g/mol. The van der Waals surface area contributed by atoms with Gasteiger partial charge in [0.25, 0.3) is 0 Å². The number of fused-ring (bicyclic) bond motifs is 1. The molecule has 0 spiro atoms. The lowest BCUT2D eigenvalue weighted by molar-refractivity contribution is -0.142. The van der Waals surface area contributed by atoms with Crippen molar-refractivity contribution in [3.63, 3.8) is 0 Å². The lowest BCUT2D eigenvalue weighted by Gasteiger charge is -2.26. The fraction of sp³-hybridized carbons (Fsp3) is 0.500. The normalized spacial score (nSPS) is 18.6. The maximum absolute atomic E-state index is 12.2. The summed E-state index contributed by atoms with van der Waals surface area (Å²) < 4.78 is 0. The third-order valence-corrected chi connectivity index (χ3v) is 3.86. The van der Waals surface area contributed by atoms with Crippen LogP contribution in [0.5, 0.6) is 0 Å². The molecule has 1 aromatic rings. The van der Waals surface area contributed by atoms with E-state index in [1.54, 1.807) is 0 Å². The zero-order valence-corrected chi connectivity index (χ0v) is 12.3. The number of carbonyl (C=O) groups is 2. The molecule has 0 aliphatic carbocycles. The largest absolute Gasteiger partial charge is 0.480 e. The van der Waals surface area contributed by atoms with Crippen LogP contribution in [0.1, 0.15) is 37.3 Å². The van der Waals surface area contributed by atoms with Crippen molar-refractivity contribution in [2.24, 2.45) is 0 Å². The Bertz CT molecular complexity index is 516. The molecule has 2 rings (SSSR count). The lowest BCUT2D eigenvalue weighted by Crippen LogP contribution is -2.52. The number of carboxylic acids is 1. The third-order valence-electron chi connectivity index (χ3n) is 3.86.